The average molecular weight is 371 g/mol. The van der Waals surface area contributed by atoms with Gasteiger partial charge in [0, 0.05) is 32.0 Å². The van der Waals surface area contributed by atoms with E-state index in [2.05, 4.69) is 5.32 Å². The molecule has 0 bridgehead atoms. The normalized spacial score (nSPS) is 19.7. The molecule has 1 aromatic rings. The summed E-state index contributed by atoms with van der Waals surface area (Å²) in [4.78, 5) is 40.2. The summed E-state index contributed by atoms with van der Waals surface area (Å²) in [6.07, 6.45) is 4.37. The molecule has 4 amide bonds. The predicted octanol–water partition coefficient (Wildman–Crippen LogP) is 2.85. The molecule has 1 unspecified atom stereocenters. The first-order valence-electron chi connectivity index (χ1n) is 9.99. The highest BCUT2D eigenvalue weighted by Crippen LogP contribution is 2.30. The van der Waals surface area contributed by atoms with Gasteiger partial charge < -0.3 is 10.2 Å². The molecule has 2 atom stereocenters. The topological polar surface area (TPSA) is 69.7 Å². The van der Waals surface area contributed by atoms with Crippen LogP contribution in [0.5, 0.6) is 0 Å². The Bertz CT molecular complexity index is 675. The Labute approximate surface area is 160 Å². The van der Waals surface area contributed by atoms with Gasteiger partial charge in [-0.3, -0.25) is 14.5 Å². The number of imide groups is 1. The van der Waals surface area contributed by atoms with Gasteiger partial charge in [0.25, 0.3) is 5.91 Å². The number of fused-ring (bicyclic) bond motifs is 2. The highest BCUT2D eigenvalue weighted by atomic mass is 16.2. The second kappa shape index (κ2) is 8.55. The van der Waals surface area contributed by atoms with Crippen LogP contribution in [0.1, 0.15) is 57.1 Å². The molecule has 0 spiro atoms. The molecule has 2 aliphatic heterocycles. The van der Waals surface area contributed by atoms with Crippen LogP contribution in [0.2, 0.25) is 0 Å². The van der Waals surface area contributed by atoms with E-state index in [1.165, 1.54) is 4.90 Å². The number of rotatable bonds is 8. The molecule has 1 N–H and O–H groups in total. The van der Waals surface area contributed by atoms with Gasteiger partial charge in [-0.05, 0) is 37.3 Å². The summed E-state index contributed by atoms with van der Waals surface area (Å²) in [5, 5.41) is 2.95. The van der Waals surface area contributed by atoms with Gasteiger partial charge in [-0.1, -0.05) is 37.6 Å². The van der Waals surface area contributed by atoms with E-state index in [-0.39, 0.29) is 29.9 Å². The van der Waals surface area contributed by atoms with Crippen molar-refractivity contribution in [2.75, 3.05) is 6.54 Å². The molecule has 0 aliphatic carbocycles. The molecule has 0 radical (unpaired) electrons. The van der Waals surface area contributed by atoms with Crippen molar-refractivity contribution in [3.63, 3.8) is 0 Å². The summed E-state index contributed by atoms with van der Waals surface area (Å²) in [6, 6.07) is 7.69. The largest absolute Gasteiger partial charge is 0.354 e. The quantitative estimate of drug-likeness (QED) is 0.564. The van der Waals surface area contributed by atoms with Crippen LogP contribution >= 0.6 is 0 Å². The molecule has 6 heteroatoms. The van der Waals surface area contributed by atoms with Crippen molar-refractivity contribution in [3.8, 4) is 0 Å². The minimum absolute atomic E-state index is 0.0765. The lowest BCUT2D eigenvalue weighted by Gasteiger charge is -2.28. The van der Waals surface area contributed by atoms with E-state index in [0.29, 0.717) is 25.9 Å². The third kappa shape index (κ3) is 4.31. The van der Waals surface area contributed by atoms with E-state index < -0.39 is 0 Å². The van der Waals surface area contributed by atoms with Crippen molar-refractivity contribution in [1.82, 2.24) is 15.1 Å². The van der Waals surface area contributed by atoms with Crippen molar-refractivity contribution in [1.29, 1.82) is 0 Å². The molecule has 6 nitrogen and oxygen atoms in total. The number of hydrogen-bond donors (Lipinski definition) is 1. The van der Waals surface area contributed by atoms with E-state index in [4.69, 9.17) is 0 Å². The molecule has 146 valence electrons. The smallest absolute Gasteiger partial charge is 0.327 e. The molecule has 1 aromatic carbocycles. The van der Waals surface area contributed by atoms with Crippen molar-refractivity contribution in [2.45, 2.75) is 71.0 Å². The molecule has 2 heterocycles. The van der Waals surface area contributed by atoms with Gasteiger partial charge in [0.2, 0.25) is 5.91 Å². The van der Waals surface area contributed by atoms with Crippen LogP contribution < -0.4 is 5.32 Å². The standard InChI is InChI=1S/C21H29N3O3/c1-3-15(2)22-19(25)11-5-4-8-12-23-20(26)18-13-16-9-6-7-10-17(16)14-24(18)21(23)27/h6-7,9-10,15,18H,3-5,8,11-14H2,1-2H3,(H,22,25)/t15?,18-/m0/s1. The van der Waals surface area contributed by atoms with E-state index in [0.717, 1.165) is 36.8 Å². The fraction of sp³-hybridized carbons (Fsp3) is 0.571. The number of unbranched alkanes of at least 4 members (excludes halogenated alkanes) is 2. The highest BCUT2D eigenvalue weighted by Gasteiger charge is 2.46. The lowest BCUT2D eigenvalue weighted by molar-refractivity contribution is -0.128. The van der Waals surface area contributed by atoms with Gasteiger partial charge in [-0.25, -0.2) is 4.79 Å². The van der Waals surface area contributed by atoms with Crippen LogP contribution in [0.15, 0.2) is 24.3 Å². The van der Waals surface area contributed by atoms with Crippen LogP contribution in [0.3, 0.4) is 0 Å². The Morgan fingerprint density at radius 2 is 1.93 bits per heavy atom. The molecule has 1 fully saturated rings. The number of carbonyl (C=O) groups is 3. The van der Waals surface area contributed by atoms with Gasteiger partial charge >= 0.3 is 6.03 Å². The summed E-state index contributed by atoms with van der Waals surface area (Å²) in [5.41, 5.74) is 2.29. The highest BCUT2D eigenvalue weighted by molar-refractivity contribution is 6.04. The fourth-order valence-corrected chi connectivity index (χ4v) is 3.76. The van der Waals surface area contributed by atoms with E-state index in [1.807, 2.05) is 38.1 Å². The van der Waals surface area contributed by atoms with Gasteiger partial charge in [-0.2, -0.15) is 0 Å². The zero-order chi connectivity index (χ0) is 19.4. The van der Waals surface area contributed by atoms with Crippen LogP contribution in [0.25, 0.3) is 0 Å². The third-order valence-electron chi connectivity index (χ3n) is 5.58. The van der Waals surface area contributed by atoms with E-state index in [1.54, 1.807) is 4.90 Å². The van der Waals surface area contributed by atoms with Gasteiger partial charge in [0.05, 0.1) is 0 Å². The molecule has 27 heavy (non-hydrogen) atoms. The zero-order valence-electron chi connectivity index (χ0n) is 16.2. The van der Waals surface area contributed by atoms with Crippen LogP contribution in [0, 0.1) is 0 Å². The SMILES string of the molecule is CCC(C)NC(=O)CCCCCN1C(=O)[C@@H]2Cc3ccccc3CN2C1=O. The predicted molar refractivity (Wildman–Crippen MR) is 103 cm³/mol. The summed E-state index contributed by atoms with van der Waals surface area (Å²) in [6.45, 7) is 4.99. The first-order valence-corrected chi connectivity index (χ1v) is 9.99. The number of carbonyl (C=O) groups excluding carboxylic acids is 3. The Kier molecular flexibility index (Phi) is 6.14. The number of hydrogen-bond acceptors (Lipinski definition) is 3. The fourth-order valence-electron chi connectivity index (χ4n) is 3.76. The Hall–Kier alpha value is -2.37. The lowest BCUT2D eigenvalue weighted by atomic mass is 9.95. The monoisotopic (exact) mass is 371 g/mol. The van der Waals surface area contributed by atoms with Crippen molar-refractivity contribution in [2.24, 2.45) is 0 Å². The Morgan fingerprint density at radius 3 is 2.67 bits per heavy atom. The second-order valence-electron chi connectivity index (χ2n) is 7.58. The lowest BCUT2D eigenvalue weighted by Crippen LogP contribution is -2.39. The minimum atomic E-state index is -0.353. The van der Waals surface area contributed by atoms with Crippen molar-refractivity contribution >= 4 is 17.8 Å². The third-order valence-corrected chi connectivity index (χ3v) is 5.58. The summed E-state index contributed by atoms with van der Waals surface area (Å²) < 4.78 is 0. The first-order chi connectivity index (χ1) is 13.0. The summed E-state index contributed by atoms with van der Waals surface area (Å²) in [5.74, 6) is -0.00316. The summed E-state index contributed by atoms with van der Waals surface area (Å²) in [7, 11) is 0. The Morgan fingerprint density at radius 1 is 1.19 bits per heavy atom. The number of nitrogens with one attached hydrogen (secondary N) is 1. The van der Waals surface area contributed by atoms with E-state index >= 15 is 0 Å². The molecule has 2 aliphatic rings. The maximum Gasteiger partial charge on any atom is 0.327 e. The number of urea groups is 1. The van der Waals surface area contributed by atoms with Crippen molar-refractivity contribution < 1.29 is 14.4 Å². The molecular formula is C21H29N3O3. The van der Waals surface area contributed by atoms with Gasteiger partial charge in [-0.15, -0.1) is 0 Å². The average Bonchev–Trinajstić information content (AvgIpc) is 2.90. The molecule has 3 rings (SSSR count). The van der Waals surface area contributed by atoms with E-state index in [9.17, 15) is 14.4 Å². The summed E-state index contributed by atoms with van der Waals surface area (Å²) >= 11 is 0. The Balaban J connectivity index is 1.45. The molecule has 0 saturated carbocycles. The molecule has 0 aromatic heterocycles. The van der Waals surface area contributed by atoms with Crippen LogP contribution in [-0.4, -0.2) is 46.3 Å². The maximum atomic E-state index is 12.7. The number of amides is 4. The van der Waals surface area contributed by atoms with Gasteiger partial charge in [0.1, 0.15) is 6.04 Å². The second-order valence-corrected chi connectivity index (χ2v) is 7.58. The van der Waals surface area contributed by atoms with Crippen LogP contribution in [0.4, 0.5) is 4.79 Å². The number of nitrogens with zero attached hydrogens (tertiary/aromatic N) is 2. The van der Waals surface area contributed by atoms with Gasteiger partial charge in [0.15, 0.2) is 0 Å². The van der Waals surface area contributed by atoms with Crippen LogP contribution in [-0.2, 0) is 22.6 Å². The zero-order valence-corrected chi connectivity index (χ0v) is 16.2. The first kappa shape index (κ1) is 19.4. The number of benzene rings is 1. The maximum absolute atomic E-state index is 12.7. The van der Waals surface area contributed by atoms with Crippen molar-refractivity contribution in [3.05, 3.63) is 35.4 Å². The minimum Gasteiger partial charge on any atom is -0.354 e. The molecular weight excluding hydrogens is 342 g/mol. The molecule has 1 saturated heterocycles.